The number of hydrogen-bond donors (Lipinski definition) is 2. The van der Waals surface area contributed by atoms with Gasteiger partial charge in [-0.25, -0.2) is 4.79 Å². The van der Waals surface area contributed by atoms with Crippen molar-refractivity contribution in [2.24, 2.45) is 0 Å². The molecular formula is C12H16ClNO3. The Morgan fingerprint density at radius 1 is 1.59 bits per heavy atom. The first-order chi connectivity index (χ1) is 8.08. The lowest BCUT2D eigenvalue weighted by molar-refractivity contribution is 0.0601. The van der Waals surface area contributed by atoms with Crippen LogP contribution in [-0.4, -0.2) is 36.7 Å². The summed E-state index contributed by atoms with van der Waals surface area (Å²) in [4.78, 5) is 11.4. The minimum absolute atomic E-state index is 0.169. The SMILES string of the molecule is COC(=O)c1ccc(C)c(NCC(O)CCl)c1. The van der Waals surface area contributed by atoms with Gasteiger partial charge in [0.2, 0.25) is 0 Å². The van der Waals surface area contributed by atoms with Gasteiger partial charge in [-0.05, 0) is 24.6 Å². The summed E-state index contributed by atoms with van der Waals surface area (Å²) >= 11 is 5.50. The molecule has 1 aromatic carbocycles. The van der Waals surface area contributed by atoms with Crippen molar-refractivity contribution in [1.29, 1.82) is 0 Å². The first kappa shape index (κ1) is 13.8. The van der Waals surface area contributed by atoms with Crippen molar-refractivity contribution < 1.29 is 14.6 Å². The van der Waals surface area contributed by atoms with E-state index in [1.165, 1.54) is 7.11 Å². The van der Waals surface area contributed by atoms with Gasteiger partial charge in [-0.3, -0.25) is 0 Å². The average molecular weight is 258 g/mol. The molecule has 0 heterocycles. The molecule has 0 amide bonds. The van der Waals surface area contributed by atoms with Gasteiger partial charge in [0, 0.05) is 12.2 Å². The van der Waals surface area contributed by atoms with E-state index >= 15 is 0 Å². The molecule has 1 aromatic rings. The first-order valence-electron chi connectivity index (χ1n) is 5.25. The van der Waals surface area contributed by atoms with E-state index in [1.54, 1.807) is 12.1 Å². The van der Waals surface area contributed by atoms with Gasteiger partial charge in [-0.2, -0.15) is 0 Å². The van der Waals surface area contributed by atoms with E-state index in [0.29, 0.717) is 12.1 Å². The Balaban J connectivity index is 2.80. The third-order valence-corrected chi connectivity index (χ3v) is 2.72. The molecule has 1 unspecified atom stereocenters. The number of carbonyl (C=O) groups excluding carboxylic acids is 1. The Morgan fingerprint density at radius 3 is 2.88 bits per heavy atom. The molecule has 0 aromatic heterocycles. The summed E-state index contributed by atoms with van der Waals surface area (Å²) in [5, 5.41) is 12.4. The van der Waals surface area contributed by atoms with E-state index < -0.39 is 6.10 Å². The van der Waals surface area contributed by atoms with Gasteiger partial charge >= 0.3 is 5.97 Å². The third kappa shape index (κ3) is 3.91. The van der Waals surface area contributed by atoms with Gasteiger partial charge in [0.1, 0.15) is 0 Å². The zero-order valence-corrected chi connectivity index (χ0v) is 10.6. The molecule has 4 nitrogen and oxygen atoms in total. The predicted molar refractivity (Wildman–Crippen MR) is 67.7 cm³/mol. The molecular weight excluding hydrogens is 242 g/mol. The number of hydrogen-bond acceptors (Lipinski definition) is 4. The van der Waals surface area contributed by atoms with E-state index in [0.717, 1.165) is 11.3 Å². The van der Waals surface area contributed by atoms with Crippen molar-refractivity contribution in [3.05, 3.63) is 29.3 Å². The molecule has 0 saturated carbocycles. The molecule has 94 valence electrons. The molecule has 5 heteroatoms. The molecule has 0 bridgehead atoms. The third-order valence-electron chi connectivity index (χ3n) is 2.36. The summed E-state index contributed by atoms with van der Waals surface area (Å²) in [6.07, 6.45) is -0.613. The molecule has 2 N–H and O–H groups in total. The van der Waals surface area contributed by atoms with Crippen LogP contribution in [0.5, 0.6) is 0 Å². The molecule has 1 atom stereocenters. The number of nitrogens with one attached hydrogen (secondary N) is 1. The number of aryl methyl sites for hydroxylation is 1. The minimum atomic E-state index is -0.613. The maximum Gasteiger partial charge on any atom is 0.337 e. The topological polar surface area (TPSA) is 58.6 Å². The number of ether oxygens (including phenoxy) is 1. The van der Waals surface area contributed by atoms with Gasteiger partial charge < -0.3 is 15.2 Å². The van der Waals surface area contributed by atoms with Crippen LogP contribution < -0.4 is 5.32 Å². The van der Waals surface area contributed by atoms with Crippen LogP contribution in [-0.2, 0) is 4.74 Å². The number of aliphatic hydroxyl groups excluding tert-OH is 1. The zero-order chi connectivity index (χ0) is 12.8. The van der Waals surface area contributed by atoms with Crippen molar-refractivity contribution in [2.75, 3.05) is 24.9 Å². The Hall–Kier alpha value is -1.26. The highest BCUT2D eigenvalue weighted by molar-refractivity contribution is 6.18. The average Bonchev–Trinajstić information content (AvgIpc) is 2.36. The molecule has 0 radical (unpaired) electrons. The molecule has 0 spiro atoms. The highest BCUT2D eigenvalue weighted by atomic mass is 35.5. The standard InChI is InChI=1S/C12H16ClNO3/c1-8-3-4-9(12(16)17-2)5-11(8)14-7-10(15)6-13/h3-5,10,14-15H,6-7H2,1-2H3. The van der Waals surface area contributed by atoms with Crippen LogP contribution in [0.4, 0.5) is 5.69 Å². The molecule has 0 fully saturated rings. The van der Waals surface area contributed by atoms with Gasteiger partial charge in [-0.1, -0.05) is 6.07 Å². The number of anilines is 1. The smallest absolute Gasteiger partial charge is 0.337 e. The van der Waals surface area contributed by atoms with Crippen LogP contribution in [0.1, 0.15) is 15.9 Å². The summed E-state index contributed by atoms with van der Waals surface area (Å²) < 4.78 is 4.64. The summed E-state index contributed by atoms with van der Waals surface area (Å²) in [7, 11) is 1.34. The number of benzene rings is 1. The van der Waals surface area contributed by atoms with Crippen LogP contribution in [0.25, 0.3) is 0 Å². The van der Waals surface area contributed by atoms with E-state index in [4.69, 9.17) is 11.6 Å². The van der Waals surface area contributed by atoms with Crippen molar-refractivity contribution in [3.8, 4) is 0 Å². The molecule has 17 heavy (non-hydrogen) atoms. The van der Waals surface area contributed by atoms with Crippen molar-refractivity contribution in [1.82, 2.24) is 0 Å². The Bertz CT molecular complexity index is 395. The van der Waals surface area contributed by atoms with Crippen LogP contribution >= 0.6 is 11.6 Å². The van der Waals surface area contributed by atoms with Crippen molar-refractivity contribution in [2.45, 2.75) is 13.0 Å². The Kier molecular flexibility index (Phi) is 5.25. The predicted octanol–water partition coefficient (Wildman–Crippen LogP) is 1.79. The lowest BCUT2D eigenvalue weighted by Crippen LogP contribution is -2.21. The number of carbonyl (C=O) groups is 1. The normalized spacial score (nSPS) is 12.0. The molecule has 0 saturated heterocycles. The fourth-order valence-electron chi connectivity index (χ4n) is 1.34. The highest BCUT2D eigenvalue weighted by Gasteiger charge is 2.09. The number of esters is 1. The monoisotopic (exact) mass is 257 g/mol. The lowest BCUT2D eigenvalue weighted by Gasteiger charge is -2.13. The van der Waals surface area contributed by atoms with Gasteiger partial charge in [0.25, 0.3) is 0 Å². The summed E-state index contributed by atoms with van der Waals surface area (Å²) in [6, 6.07) is 5.22. The minimum Gasteiger partial charge on any atom is -0.465 e. The lowest BCUT2D eigenvalue weighted by atomic mass is 10.1. The number of methoxy groups -OCH3 is 1. The maximum atomic E-state index is 11.4. The second-order valence-electron chi connectivity index (χ2n) is 3.71. The highest BCUT2D eigenvalue weighted by Crippen LogP contribution is 2.17. The molecule has 1 rings (SSSR count). The molecule has 0 aliphatic rings. The second-order valence-corrected chi connectivity index (χ2v) is 4.02. The van der Waals surface area contributed by atoms with Crippen LogP contribution in [0, 0.1) is 6.92 Å². The van der Waals surface area contributed by atoms with E-state index in [9.17, 15) is 9.90 Å². The first-order valence-corrected chi connectivity index (χ1v) is 5.78. The fourth-order valence-corrected chi connectivity index (χ4v) is 1.45. The largest absolute Gasteiger partial charge is 0.465 e. The van der Waals surface area contributed by atoms with Gasteiger partial charge in [-0.15, -0.1) is 11.6 Å². The van der Waals surface area contributed by atoms with Crippen LogP contribution in [0.15, 0.2) is 18.2 Å². The van der Waals surface area contributed by atoms with Crippen LogP contribution in [0.3, 0.4) is 0 Å². The fraction of sp³-hybridized carbons (Fsp3) is 0.417. The maximum absolute atomic E-state index is 11.4. The van der Waals surface area contributed by atoms with E-state index in [1.807, 2.05) is 13.0 Å². The van der Waals surface area contributed by atoms with Crippen LogP contribution in [0.2, 0.25) is 0 Å². The molecule has 0 aliphatic heterocycles. The van der Waals surface area contributed by atoms with E-state index in [-0.39, 0.29) is 11.8 Å². The number of aliphatic hydroxyl groups is 1. The quantitative estimate of drug-likeness (QED) is 0.624. The summed E-state index contributed by atoms with van der Waals surface area (Å²) in [6.45, 7) is 2.26. The number of rotatable bonds is 5. The van der Waals surface area contributed by atoms with E-state index in [2.05, 4.69) is 10.1 Å². The zero-order valence-electron chi connectivity index (χ0n) is 9.87. The number of alkyl halides is 1. The van der Waals surface area contributed by atoms with Gasteiger partial charge in [0.15, 0.2) is 0 Å². The Labute approximate surface area is 106 Å². The van der Waals surface area contributed by atoms with Crippen molar-refractivity contribution >= 4 is 23.3 Å². The second kappa shape index (κ2) is 6.47. The Morgan fingerprint density at radius 2 is 2.29 bits per heavy atom. The van der Waals surface area contributed by atoms with Gasteiger partial charge in [0.05, 0.1) is 24.7 Å². The summed E-state index contributed by atoms with van der Waals surface area (Å²) in [5.74, 6) is -0.214. The summed E-state index contributed by atoms with van der Waals surface area (Å²) in [5.41, 5.74) is 2.25. The molecule has 0 aliphatic carbocycles. The van der Waals surface area contributed by atoms with Crippen molar-refractivity contribution in [3.63, 3.8) is 0 Å². The number of halogens is 1.